The summed E-state index contributed by atoms with van der Waals surface area (Å²) in [5.41, 5.74) is 3.80. The summed E-state index contributed by atoms with van der Waals surface area (Å²) < 4.78 is 33.1. The minimum Gasteiger partial charge on any atom is -0.462 e. The van der Waals surface area contributed by atoms with Crippen LogP contribution in [0.4, 0.5) is 17.2 Å². The van der Waals surface area contributed by atoms with E-state index in [0.29, 0.717) is 35.9 Å². The van der Waals surface area contributed by atoms with E-state index in [1.807, 2.05) is 61.5 Å². The van der Waals surface area contributed by atoms with Crippen LogP contribution in [0.1, 0.15) is 156 Å². The zero-order valence-corrected chi connectivity index (χ0v) is 44.7. The molecule has 1 heterocycles. The van der Waals surface area contributed by atoms with Gasteiger partial charge in [0.1, 0.15) is 41.6 Å². The molecule has 4 rings (SSSR count). The molecule has 1 aliphatic rings. The number of esters is 6. The molecule has 390 valence electrons. The molecule has 0 aliphatic heterocycles. The highest BCUT2D eigenvalue weighted by Crippen LogP contribution is 2.41. The maximum atomic E-state index is 13.8. The maximum absolute atomic E-state index is 13.8. The minimum absolute atomic E-state index is 0.0340. The Balaban J connectivity index is 1.43. The number of carbonyl (C=O) groups excluding carboxylic acids is 6. The van der Waals surface area contributed by atoms with Gasteiger partial charge in [-0.2, -0.15) is 0 Å². The Morgan fingerprint density at radius 2 is 1.42 bits per heavy atom. The number of ether oxygens (including phenoxy) is 6. The van der Waals surface area contributed by atoms with Crippen molar-refractivity contribution in [3.05, 3.63) is 70.1 Å². The second-order valence-electron chi connectivity index (χ2n) is 21.0. The first-order valence-corrected chi connectivity index (χ1v) is 24.9. The van der Waals surface area contributed by atoms with E-state index in [2.05, 4.69) is 52.2 Å². The molecule has 0 saturated heterocycles. The predicted molar refractivity (Wildman–Crippen MR) is 271 cm³/mol. The van der Waals surface area contributed by atoms with Crippen molar-refractivity contribution in [1.29, 1.82) is 0 Å². The van der Waals surface area contributed by atoms with E-state index in [1.165, 1.54) is 20.0 Å². The Bertz CT molecular complexity index is 2300. The molecule has 0 radical (unpaired) electrons. The van der Waals surface area contributed by atoms with Crippen molar-refractivity contribution in [2.75, 3.05) is 30.0 Å². The van der Waals surface area contributed by atoms with Gasteiger partial charge in [-0.05, 0) is 113 Å². The second-order valence-corrected chi connectivity index (χ2v) is 21.4. The highest BCUT2D eigenvalue weighted by molar-refractivity contribution is 6.29. The van der Waals surface area contributed by atoms with Gasteiger partial charge in [-0.15, -0.1) is 0 Å². The van der Waals surface area contributed by atoms with Crippen LogP contribution >= 0.6 is 11.6 Å². The largest absolute Gasteiger partial charge is 0.462 e. The van der Waals surface area contributed by atoms with Crippen LogP contribution in [0.2, 0.25) is 5.15 Å². The molecule has 0 amide bonds. The molecule has 1 aliphatic carbocycles. The maximum Gasteiger partial charge on any atom is 0.311 e. The third kappa shape index (κ3) is 19.4. The molecule has 16 nitrogen and oxygen atoms in total. The number of nitrogens with zero attached hydrogens (tertiary/aromatic N) is 3. The van der Waals surface area contributed by atoms with E-state index in [-0.39, 0.29) is 74.1 Å². The quantitative estimate of drug-likeness (QED) is 0.0534. The van der Waals surface area contributed by atoms with Crippen LogP contribution in [0.15, 0.2) is 42.7 Å². The van der Waals surface area contributed by atoms with Crippen LogP contribution in [0.25, 0.3) is 0 Å². The van der Waals surface area contributed by atoms with E-state index < -0.39 is 46.9 Å². The van der Waals surface area contributed by atoms with E-state index in [4.69, 9.17) is 40.0 Å². The summed E-state index contributed by atoms with van der Waals surface area (Å²) in [5.74, 6) is -2.45. The van der Waals surface area contributed by atoms with Gasteiger partial charge in [-0.3, -0.25) is 28.8 Å². The average molecular weight is 1010 g/mol. The topological polar surface area (TPSA) is 199 Å². The number of benzene rings is 2. The van der Waals surface area contributed by atoms with E-state index in [1.54, 1.807) is 19.2 Å². The Morgan fingerprint density at radius 3 is 2.00 bits per heavy atom. The summed E-state index contributed by atoms with van der Waals surface area (Å²) in [6, 6.07) is 10.1. The molecule has 1 aromatic heterocycles. The second kappa shape index (κ2) is 26.1. The van der Waals surface area contributed by atoms with Crippen LogP contribution in [0.3, 0.4) is 0 Å². The first-order valence-electron chi connectivity index (χ1n) is 24.5. The monoisotopic (exact) mass is 1010 g/mol. The van der Waals surface area contributed by atoms with Crippen molar-refractivity contribution in [1.82, 2.24) is 9.97 Å². The molecule has 1 N–H and O–H groups in total. The van der Waals surface area contributed by atoms with Gasteiger partial charge < -0.3 is 38.6 Å². The smallest absolute Gasteiger partial charge is 0.311 e. The number of aryl methyl sites for hydroxylation is 2. The lowest BCUT2D eigenvalue weighted by atomic mass is 9.78. The summed E-state index contributed by atoms with van der Waals surface area (Å²) in [7, 11) is 0. The van der Waals surface area contributed by atoms with Crippen LogP contribution in [0.5, 0.6) is 5.75 Å². The van der Waals surface area contributed by atoms with E-state index in [0.717, 1.165) is 47.5 Å². The van der Waals surface area contributed by atoms with Crippen LogP contribution in [-0.2, 0) is 57.9 Å². The van der Waals surface area contributed by atoms with E-state index >= 15 is 0 Å². The number of carbonyl (C=O) groups is 6. The van der Waals surface area contributed by atoms with Gasteiger partial charge in [0.15, 0.2) is 6.10 Å². The number of hydrogen-bond acceptors (Lipinski definition) is 16. The molecule has 1 unspecified atom stereocenters. The van der Waals surface area contributed by atoms with Crippen LogP contribution in [0, 0.1) is 25.7 Å². The van der Waals surface area contributed by atoms with E-state index in [9.17, 15) is 28.8 Å². The summed E-state index contributed by atoms with van der Waals surface area (Å²) in [4.78, 5) is 86.6. The van der Waals surface area contributed by atoms with Crippen molar-refractivity contribution in [3.8, 4) is 5.75 Å². The summed E-state index contributed by atoms with van der Waals surface area (Å²) in [6.45, 7) is 23.9. The highest BCUT2D eigenvalue weighted by Gasteiger charge is 2.35. The lowest BCUT2D eigenvalue weighted by Gasteiger charge is -2.40. The molecule has 1 fully saturated rings. The molecule has 2 aromatic carbocycles. The number of rotatable bonds is 23. The third-order valence-corrected chi connectivity index (χ3v) is 12.0. The zero-order valence-electron chi connectivity index (χ0n) is 43.9. The molecular formula is C54H75ClN4O12. The van der Waals surface area contributed by atoms with Crippen molar-refractivity contribution in [2.45, 2.75) is 177 Å². The zero-order chi connectivity index (χ0) is 52.8. The Labute approximate surface area is 424 Å². The van der Waals surface area contributed by atoms with Crippen molar-refractivity contribution >= 4 is 64.6 Å². The molecule has 1 saturated carbocycles. The normalized spacial score (nSPS) is 15.8. The lowest BCUT2D eigenvalue weighted by Crippen LogP contribution is -2.42. The van der Waals surface area contributed by atoms with Crippen molar-refractivity contribution in [3.63, 3.8) is 0 Å². The number of nitrogens with one attached hydrogen (secondary N) is 1. The number of aromatic nitrogens is 2. The van der Waals surface area contributed by atoms with Gasteiger partial charge in [-0.1, -0.05) is 65.3 Å². The van der Waals surface area contributed by atoms with Gasteiger partial charge in [0.25, 0.3) is 0 Å². The molecule has 0 bridgehead atoms. The fourth-order valence-electron chi connectivity index (χ4n) is 8.92. The number of hydrogen-bond donors (Lipinski definition) is 1. The standard InChI is InChI=1S/C54H75ClN4O12/c1-32(2)29-59(44-19-14-39(35(5)24-50(64)71-53(9,10)11)25-43(44)58-47-28-56-46(55)27-57-47)40-15-17-41(18-16-40)68-51(65)26-54(12,13)52-36(6)20-33(3)21-45(52)70-49(63)23-34(4)22-48(62)69-42(30-66-37(7)60)31-67-38(8)61/h14,19-21,25,27-28,32,34-35,40-42H,15-18,22-24,26,29-31H2,1-13H3,(H,57,58)/t34?,35-,40-,41-/m1/s1. The van der Waals surface area contributed by atoms with Gasteiger partial charge >= 0.3 is 35.8 Å². The van der Waals surface area contributed by atoms with Gasteiger partial charge in [0, 0.05) is 50.3 Å². The summed E-state index contributed by atoms with van der Waals surface area (Å²) >= 11 is 6.08. The first kappa shape index (κ1) is 57.8. The number of halogens is 1. The Morgan fingerprint density at radius 1 is 0.789 bits per heavy atom. The molecular weight excluding hydrogens is 932 g/mol. The Hall–Kier alpha value is -5.77. The molecule has 71 heavy (non-hydrogen) atoms. The third-order valence-electron chi connectivity index (χ3n) is 11.8. The highest BCUT2D eigenvalue weighted by atomic mass is 35.5. The fourth-order valence-corrected chi connectivity index (χ4v) is 9.02. The van der Waals surface area contributed by atoms with Gasteiger partial charge in [0.2, 0.25) is 0 Å². The molecule has 3 aromatic rings. The summed E-state index contributed by atoms with van der Waals surface area (Å²) in [6.07, 6.45) is 4.67. The molecule has 17 heteroatoms. The SMILES string of the molecule is CC(=O)OCC(COC(C)=O)OC(=O)CC(C)CC(=O)Oc1cc(C)cc(C)c1C(C)(C)CC(=O)O[C@H]1CC[C@H](N(CC(C)C)c2ccc([C@H](C)CC(=O)OC(C)(C)C)cc2Nc2cnc(Cl)cn2)CC1. The van der Waals surface area contributed by atoms with Crippen LogP contribution in [-0.4, -0.2) is 89.4 Å². The van der Waals surface area contributed by atoms with Crippen molar-refractivity contribution < 1.29 is 57.2 Å². The fraction of sp³-hybridized carbons (Fsp3) is 0.593. The van der Waals surface area contributed by atoms with Crippen LogP contribution < -0.4 is 15.0 Å². The molecule has 0 spiro atoms. The number of anilines is 3. The first-order chi connectivity index (χ1) is 33.2. The van der Waals surface area contributed by atoms with Gasteiger partial charge in [-0.25, -0.2) is 9.97 Å². The predicted octanol–water partition coefficient (Wildman–Crippen LogP) is 10.4. The Kier molecular flexibility index (Phi) is 21.2. The lowest BCUT2D eigenvalue weighted by molar-refractivity contribution is -0.166. The molecule has 2 atom stereocenters. The minimum atomic E-state index is -1.00. The average Bonchev–Trinajstić information content (AvgIpc) is 3.23. The summed E-state index contributed by atoms with van der Waals surface area (Å²) in [5, 5.41) is 3.76. The van der Waals surface area contributed by atoms with Gasteiger partial charge in [0.05, 0.1) is 36.6 Å². The van der Waals surface area contributed by atoms with Crippen molar-refractivity contribution in [2.24, 2.45) is 11.8 Å².